The van der Waals surface area contributed by atoms with E-state index in [2.05, 4.69) is 15.7 Å². The van der Waals surface area contributed by atoms with E-state index in [0.29, 0.717) is 5.69 Å². The molecule has 0 aliphatic carbocycles. The van der Waals surface area contributed by atoms with Gasteiger partial charge in [0, 0.05) is 13.2 Å². The van der Waals surface area contributed by atoms with E-state index in [-0.39, 0.29) is 24.1 Å². The largest absolute Gasteiger partial charge is 0.394 e. The standard InChI is InChI=1S/C13H24N4O2/c1-6-9-10(7-17(5)16-9)14-12(19)15-11(8-18)13(2,3)4/h7,11,18H,6,8H2,1-5H3,(H2,14,15,19)/t11-/m1/s1. The average molecular weight is 268 g/mol. The van der Waals surface area contributed by atoms with Crippen LogP contribution < -0.4 is 10.6 Å². The molecule has 108 valence electrons. The van der Waals surface area contributed by atoms with Gasteiger partial charge in [-0.3, -0.25) is 4.68 Å². The Labute approximate surface area is 114 Å². The first-order valence-corrected chi connectivity index (χ1v) is 6.48. The summed E-state index contributed by atoms with van der Waals surface area (Å²) in [7, 11) is 1.81. The predicted octanol–water partition coefficient (Wildman–Crippen LogP) is 1.51. The molecule has 0 saturated heterocycles. The van der Waals surface area contributed by atoms with Crippen LogP contribution in [-0.4, -0.2) is 33.6 Å². The van der Waals surface area contributed by atoms with Gasteiger partial charge < -0.3 is 15.7 Å². The zero-order chi connectivity index (χ0) is 14.6. The molecule has 1 heterocycles. The minimum Gasteiger partial charge on any atom is -0.394 e. The normalized spacial score (nSPS) is 13.2. The van der Waals surface area contributed by atoms with Gasteiger partial charge in [0.05, 0.1) is 24.0 Å². The number of nitrogens with one attached hydrogen (secondary N) is 2. The number of anilines is 1. The number of aromatic nitrogens is 2. The second kappa shape index (κ2) is 6.06. The van der Waals surface area contributed by atoms with Gasteiger partial charge in [0.25, 0.3) is 0 Å². The van der Waals surface area contributed by atoms with E-state index in [9.17, 15) is 9.90 Å². The SMILES string of the molecule is CCc1nn(C)cc1NC(=O)N[C@H](CO)C(C)(C)C. The Hall–Kier alpha value is -1.56. The Bertz CT molecular complexity index is 434. The maximum absolute atomic E-state index is 11.9. The summed E-state index contributed by atoms with van der Waals surface area (Å²) in [4.78, 5) is 11.9. The first-order chi connectivity index (χ1) is 8.77. The second-order valence-electron chi connectivity index (χ2n) is 5.72. The van der Waals surface area contributed by atoms with Crippen LogP contribution in [0.4, 0.5) is 10.5 Å². The topological polar surface area (TPSA) is 79.2 Å². The lowest BCUT2D eigenvalue weighted by molar-refractivity contribution is 0.162. The first kappa shape index (κ1) is 15.5. The molecule has 0 unspecified atom stereocenters. The second-order valence-corrected chi connectivity index (χ2v) is 5.72. The van der Waals surface area contributed by atoms with Gasteiger partial charge in [0.1, 0.15) is 0 Å². The first-order valence-electron chi connectivity index (χ1n) is 6.48. The number of aliphatic hydroxyl groups excluding tert-OH is 1. The summed E-state index contributed by atoms with van der Waals surface area (Å²) in [5, 5.41) is 19.1. The number of nitrogens with zero attached hydrogens (tertiary/aromatic N) is 2. The number of hydrogen-bond acceptors (Lipinski definition) is 3. The van der Waals surface area contributed by atoms with Crippen molar-refractivity contribution in [3.05, 3.63) is 11.9 Å². The third-order valence-corrected chi connectivity index (χ3v) is 3.02. The Morgan fingerprint density at radius 1 is 1.53 bits per heavy atom. The maximum Gasteiger partial charge on any atom is 0.319 e. The number of aliphatic hydroxyl groups is 1. The lowest BCUT2D eigenvalue weighted by atomic mass is 9.87. The molecule has 0 saturated carbocycles. The maximum atomic E-state index is 11.9. The number of rotatable bonds is 4. The van der Waals surface area contributed by atoms with Crippen LogP contribution in [0.3, 0.4) is 0 Å². The predicted molar refractivity (Wildman–Crippen MR) is 75.1 cm³/mol. The van der Waals surface area contributed by atoms with Crippen molar-refractivity contribution in [1.82, 2.24) is 15.1 Å². The summed E-state index contributed by atoms with van der Waals surface area (Å²) in [5.41, 5.74) is 1.34. The van der Waals surface area contributed by atoms with Crippen molar-refractivity contribution in [3.63, 3.8) is 0 Å². The van der Waals surface area contributed by atoms with Crippen molar-refractivity contribution in [2.45, 2.75) is 40.2 Å². The highest BCUT2D eigenvalue weighted by Gasteiger charge is 2.25. The third kappa shape index (κ3) is 4.24. The number of urea groups is 1. The van der Waals surface area contributed by atoms with Crippen molar-refractivity contribution >= 4 is 11.7 Å². The van der Waals surface area contributed by atoms with Crippen molar-refractivity contribution in [2.24, 2.45) is 12.5 Å². The van der Waals surface area contributed by atoms with Crippen molar-refractivity contribution in [1.29, 1.82) is 0 Å². The van der Waals surface area contributed by atoms with Crippen LogP contribution in [0.15, 0.2) is 6.20 Å². The summed E-state index contributed by atoms with van der Waals surface area (Å²) < 4.78 is 1.67. The molecule has 1 aromatic heterocycles. The lowest BCUT2D eigenvalue weighted by Gasteiger charge is -2.29. The number of hydrogen-bond donors (Lipinski definition) is 3. The van der Waals surface area contributed by atoms with Crippen LogP contribution in [0.1, 0.15) is 33.4 Å². The Morgan fingerprint density at radius 2 is 2.16 bits per heavy atom. The summed E-state index contributed by atoms with van der Waals surface area (Å²) in [5.74, 6) is 0. The quantitative estimate of drug-likeness (QED) is 0.774. The molecule has 19 heavy (non-hydrogen) atoms. The molecule has 0 spiro atoms. The monoisotopic (exact) mass is 268 g/mol. The molecule has 3 N–H and O–H groups in total. The molecule has 1 atom stereocenters. The third-order valence-electron chi connectivity index (χ3n) is 3.02. The van der Waals surface area contributed by atoms with Crippen molar-refractivity contribution in [3.8, 4) is 0 Å². The van der Waals surface area contributed by atoms with E-state index < -0.39 is 0 Å². The minimum absolute atomic E-state index is 0.0927. The molecule has 0 bridgehead atoms. The van der Waals surface area contributed by atoms with E-state index in [0.717, 1.165) is 12.1 Å². The molecule has 1 rings (SSSR count). The van der Waals surface area contributed by atoms with Gasteiger partial charge in [0.15, 0.2) is 0 Å². The molecule has 2 amide bonds. The van der Waals surface area contributed by atoms with Crippen LogP contribution in [0.5, 0.6) is 0 Å². The fraction of sp³-hybridized carbons (Fsp3) is 0.692. The molecule has 0 fully saturated rings. The van der Waals surface area contributed by atoms with Gasteiger partial charge in [-0.1, -0.05) is 27.7 Å². The summed E-state index contributed by atoms with van der Waals surface area (Å²) in [6, 6.07) is -0.620. The Balaban J connectivity index is 2.69. The molecule has 6 heteroatoms. The highest BCUT2D eigenvalue weighted by atomic mass is 16.3. The zero-order valence-electron chi connectivity index (χ0n) is 12.3. The van der Waals surface area contributed by atoms with Crippen LogP contribution >= 0.6 is 0 Å². The number of carbonyl (C=O) groups excluding carboxylic acids is 1. The molecular formula is C13H24N4O2. The number of carbonyl (C=O) groups is 1. The highest BCUT2D eigenvalue weighted by molar-refractivity contribution is 5.89. The lowest BCUT2D eigenvalue weighted by Crippen LogP contribution is -2.47. The number of aryl methyl sites for hydroxylation is 2. The molecule has 0 aromatic carbocycles. The summed E-state index contributed by atoms with van der Waals surface area (Å²) in [6.07, 6.45) is 2.52. The van der Waals surface area contributed by atoms with Crippen LogP contribution in [0.25, 0.3) is 0 Å². The van der Waals surface area contributed by atoms with E-state index in [1.807, 2.05) is 34.7 Å². The molecule has 1 aromatic rings. The fourth-order valence-electron chi connectivity index (χ4n) is 1.75. The van der Waals surface area contributed by atoms with E-state index in [4.69, 9.17) is 0 Å². The smallest absolute Gasteiger partial charge is 0.319 e. The van der Waals surface area contributed by atoms with E-state index in [1.54, 1.807) is 10.9 Å². The molecule has 0 aliphatic rings. The molecule has 0 radical (unpaired) electrons. The van der Waals surface area contributed by atoms with Gasteiger partial charge in [-0.2, -0.15) is 5.10 Å². The Kier molecular flexibility index (Phi) is 4.94. The van der Waals surface area contributed by atoms with Gasteiger partial charge in [-0.25, -0.2) is 4.79 Å². The van der Waals surface area contributed by atoms with Crippen molar-refractivity contribution < 1.29 is 9.90 Å². The van der Waals surface area contributed by atoms with Crippen LogP contribution in [0.2, 0.25) is 0 Å². The van der Waals surface area contributed by atoms with Gasteiger partial charge in [-0.15, -0.1) is 0 Å². The zero-order valence-corrected chi connectivity index (χ0v) is 12.3. The summed E-state index contributed by atoms with van der Waals surface area (Å²) >= 11 is 0. The van der Waals surface area contributed by atoms with E-state index in [1.165, 1.54) is 0 Å². The summed E-state index contributed by atoms with van der Waals surface area (Å²) in [6.45, 7) is 7.79. The van der Waals surface area contributed by atoms with Gasteiger partial charge >= 0.3 is 6.03 Å². The van der Waals surface area contributed by atoms with E-state index >= 15 is 0 Å². The Morgan fingerprint density at radius 3 is 2.63 bits per heavy atom. The van der Waals surface area contributed by atoms with Gasteiger partial charge in [-0.05, 0) is 11.8 Å². The highest BCUT2D eigenvalue weighted by Crippen LogP contribution is 2.19. The van der Waals surface area contributed by atoms with Crippen molar-refractivity contribution in [2.75, 3.05) is 11.9 Å². The minimum atomic E-state index is -0.323. The molecule has 0 aliphatic heterocycles. The number of amides is 2. The fourth-order valence-corrected chi connectivity index (χ4v) is 1.75. The van der Waals surface area contributed by atoms with Gasteiger partial charge in [0.2, 0.25) is 0 Å². The molecule has 6 nitrogen and oxygen atoms in total. The van der Waals surface area contributed by atoms with Crippen LogP contribution in [-0.2, 0) is 13.5 Å². The van der Waals surface area contributed by atoms with Crippen LogP contribution in [0, 0.1) is 5.41 Å². The molecular weight excluding hydrogens is 244 g/mol. The average Bonchev–Trinajstić information content (AvgIpc) is 2.64.